The first-order valence-electron chi connectivity index (χ1n) is 6.82. The highest BCUT2D eigenvalue weighted by Crippen LogP contribution is 2.47. The Morgan fingerprint density at radius 1 is 1.29 bits per heavy atom. The fourth-order valence-electron chi connectivity index (χ4n) is 2.97. The zero-order chi connectivity index (χ0) is 11.9. The molecule has 0 radical (unpaired) electrons. The van der Waals surface area contributed by atoms with E-state index in [4.69, 9.17) is 5.73 Å². The molecule has 17 heavy (non-hydrogen) atoms. The van der Waals surface area contributed by atoms with Gasteiger partial charge in [-0.1, -0.05) is 25.1 Å². The van der Waals surface area contributed by atoms with Crippen LogP contribution in [0.3, 0.4) is 0 Å². The van der Waals surface area contributed by atoms with Gasteiger partial charge in [-0.3, -0.25) is 4.90 Å². The molecule has 2 heteroatoms. The predicted octanol–water partition coefficient (Wildman–Crippen LogP) is 2.05. The van der Waals surface area contributed by atoms with Gasteiger partial charge >= 0.3 is 0 Å². The van der Waals surface area contributed by atoms with Crippen molar-refractivity contribution in [2.45, 2.75) is 38.1 Å². The van der Waals surface area contributed by atoms with Crippen LogP contribution in [0, 0.1) is 0 Å². The molecule has 0 amide bonds. The third kappa shape index (κ3) is 1.90. The van der Waals surface area contributed by atoms with E-state index in [-0.39, 0.29) is 0 Å². The van der Waals surface area contributed by atoms with Crippen LogP contribution in [0.4, 0.5) is 0 Å². The summed E-state index contributed by atoms with van der Waals surface area (Å²) >= 11 is 0. The van der Waals surface area contributed by atoms with Gasteiger partial charge in [0.15, 0.2) is 0 Å². The van der Waals surface area contributed by atoms with Crippen molar-refractivity contribution in [1.29, 1.82) is 0 Å². The van der Waals surface area contributed by atoms with Gasteiger partial charge in [0.2, 0.25) is 0 Å². The van der Waals surface area contributed by atoms with E-state index in [0.29, 0.717) is 5.41 Å². The quantitative estimate of drug-likeness (QED) is 0.861. The second-order valence-electron chi connectivity index (χ2n) is 5.59. The maximum Gasteiger partial charge on any atom is 0.0236 e. The summed E-state index contributed by atoms with van der Waals surface area (Å²) in [6.45, 7) is 6.55. The Labute approximate surface area is 104 Å². The van der Waals surface area contributed by atoms with Gasteiger partial charge in [-0.2, -0.15) is 0 Å². The van der Waals surface area contributed by atoms with Crippen LogP contribution in [0.15, 0.2) is 18.2 Å². The third-order valence-corrected chi connectivity index (χ3v) is 4.60. The van der Waals surface area contributed by atoms with E-state index < -0.39 is 0 Å². The number of benzene rings is 1. The average molecular weight is 230 g/mol. The van der Waals surface area contributed by atoms with Crippen molar-refractivity contribution in [2.24, 2.45) is 5.73 Å². The fourth-order valence-corrected chi connectivity index (χ4v) is 2.97. The van der Waals surface area contributed by atoms with Gasteiger partial charge in [-0.25, -0.2) is 0 Å². The maximum absolute atomic E-state index is 5.91. The number of rotatable bonds is 3. The van der Waals surface area contributed by atoms with Crippen molar-refractivity contribution in [3.63, 3.8) is 0 Å². The van der Waals surface area contributed by atoms with Crippen LogP contribution in [0.2, 0.25) is 0 Å². The first-order valence-corrected chi connectivity index (χ1v) is 6.82. The molecule has 1 fully saturated rings. The van der Waals surface area contributed by atoms with Crippen molar-refractivity contribution >= 4 is 0 Å². The number of fused-ring (bicyclic) bond motifs is 1. The van der Waals surface area contributed by atoms with E-state index >= 15 is 0 Å². The van der Waals surface area contributed by atoms with Crippen LogP contribution in [0.1, 0.15) is 36.5 Å². The van der Waals surface area contributed by atoms with E-state index in [1.54, 1.807) is 5.56 Å². The number of nitrogens with zero attached hydrogens (tertiary/aromatic N) is 1. The predicted molar refractivity (Wildman–Crippen MR) is 71.1 cm³/mol. The summed E-state index contributed by atoms with van der Waals surface area (Å²) < 4.78 is 0. The third-order valence-electron chi connectivity index (χ3n) is 4.60. The summed E-state index contributed by atoms with van der Waals surface area (Å²) in [5.74, 6) is 0. The average Bonchev–Trinajstić information content (AvgIpc) is 3.18. The number of hydrogen-bond acceptors (Lipinski definition) is 2. The molecule has 0 aromatic heterocycles. The molecule has 0 spiro atoms. The first-order chi connectivity index (χ1) is 8.27. The molecule has 2 N–H and O–H groups in total. The highest BCUT2D eigenvalue weighted by molar-refractivity contribution is 5.40. The zero-order valence-electron chi connectivity index (χ0n) is 10.7. The van der Waals surface area contributed by atoms with Crippen molar-refractivity contribution in [3.05, 3.63) is 34.9 Å². The Hall–Kier alpha value is -0.860. The molecular formula is C15H22N2. The van der Waals surface area contributed by atoms with Gasteiger partial charge in [-0.15, -0.1) is 0 Å². The van der Waals surface area contributed by atoms with Gasteiger partial charge < -0.3 is 5.73 Å². The summed E-state index contributed by atoms with van der Waals surface area (Å²) in [4.78, 5) is 2.51. The number of likely N-dealkylation sites (N-methyl/N-ethyl adjacent to an activating group) is 1. The van der Waals surface area contributed by atoms with Crippen LogP contribution < -0.4 is 5.73 Å². The highest BCUT2D eigenvalue weighted by Gasteiger charge is 2.43. The summed E-state index contributed by atoms with van der Waals surface area (Å²) in [5.41, 5.74) is 10.8. The van der Waals surface area contributed by atoms with Crippen LogP contribution in [0.25, 0.3) is 0 Å². The molecule has 92 valence electrons. The monoisotopic (exact) mass is 230 g/mol. The van der Waals surface area contributed by atoms with Gasteiger partial charge in [0.05, 0.1) is 0 Å². The Morgan fingerprint density at radius 2 is 2.12 bits per heavy atom. The van der Waals surface area contributed by atoms with Crippen LogP contribution in [-0.2, 0) is 18.4 Å². The molecule has 1 saturated carbocycles. The Bertz CT molecular complexity index is 421. The van der Waals surface area contributed by atoms with Gasteiger partial charge in [-0.05, 0) is 42.5 Å². The molecule has 2 aliphatic rings. The Balaban J connectivity index is 1.88. The summed E-state index contributed by atoms with van der Waals surface area (Å²) in [6.07, 6.45) is 3.77. The lowest BCUT2D eigenvalue weighted by atomic mass is 9.90. The van der Waals surface area contributed by atoms with Crippen molar-refractivity contribution in [1.82, 2.24) is 4.90 Å². The molecule has 1 aromatic rings. The molecule has 1 aromatic carbocycles. The van der Waals surface area contributed by atoms with E-state index in [2.05, 4.69) is 30.0 Å². The van der Waals surface area contributed by atoms with E-state index in [0.717, 1.165) is 19.6 Å². The minimum absolute atomic E-state index is 0.344. The Kier molecular flexibility index (Phi) is 2.72. The second-order valence-corrected chi connectivity index (χ2v) is 5.59. The number of hydrogen-bond donors (Lipinski definition) is 1. The summed E-state index contributed by atoms with van der Waals surface area (Å²) in [7, 11) is 0. The lowest BCUT2D eigenvalue weighted by Crippen LogP contribution is -2.30. The smallest absolute Gasteiger partial charge is 0.0236 e. The SMILES string of the molecule is CCN1CCc2cc(C3(CN)CC3)ccc2C1. The largest absolute Gasteiger partial charge is 0.330 e. The van der Waals surface area contributed by atoms with Crippen molar-refractivity contribution < 1.29 is 0 Å². The molecular weight excluding hydrogens is 208 g/mol. The molecule has 1 aliphatic carbocycles. The lowest BCUT2D eigenvalue weighted by molar-refractivity contribution is 0.268. The molecule has 3 rings (SSSR count). The number of nitrogens with two attached hydrogens (primary N) is 1. The van der Waals surface area contributed by atoms with Gasteiger partial charge in [0.25, 0.3) is 0 Å². The van der Waals surface area contributed by atoms with E-state index in [1.807, 2.05) is 0 Å². The molecule has 0 saturated heterocycles. The fraction of sp³-hybridized carbons (Fsp3) is 0.600. The molecule has 0 unspecified atom stereocenters. The summed E-state index contributed by atoms with van der Waals surface area (Å²) in [6, 6.07) is 7.09. The second kappa shape index (κ2) is 4.11. The topological polar surface area (TPSA) is 29.3 Å². The van der Waals surface area contributed by atoms with Crippen LogP contribution >= 0.6 is 0 Å². The lowest BCUT2D eigenvalue weighted by Gasteiger charge is -2.28. The molecule has 1 heterocycles. The maximum atomic E-state index is 5.91. The van der Waals surface area contributed by atoms with Gasteiger partial charge in [0, 0.05) is 25.0 Å². The first kappa shape index (κ1) is 11.2. The zero-order valence-corrected chi connectivity index (χ0v) is 10.7. The van der Waals surface area contributed by atoms with Crippen molar-refractivity contribution in [2.75, 3.05) is 19.6 Å². The minimum atomic E-state index is 0.344. The van der Waals surface area contributed by atoms with Gasteiger partial charge in [0.1, 0.15) is 0 Å². The van der Waals surface area contributed by atoms with Crippen molar-refractivity contribution in [3.8, 4) is 0 Å². The summed E-state index contributed by atoms with van der Waals surface area (Å²) in [5, 5.41) is 0. The molecule has 1 aliphatic heterocycles. The van der Waals surface area contributed by atoms with Crippen LogP contribution in [0.5, 0.6) is 0 Å². The highest BCUT2D eigenvalue weighted by atomic mass is 15.1. The van der Waals surface area contributed by atoms with E-state index in [1.165, 1.54) is 36.9 Å². The molecule has 0 bridgehead atoms. The molecule has 2 nitrogen and oxygen atoms in total. The van der Waals surface area contributed by atoms with E-state index in [9.17, 15) is 0 Å². The van der Waals surface area contributed by atoms with Crippen LogP contribution in [-0.4, -0.2) is 24.5 Å². The standard InChI is InChI=1S/C15H22N2/c1-2-17-8-5-12-9-14(4-3-13(12)10-17)15(11-16)6-7-15/h3-4,9H,2,5-8,10-11,16H2,1H3. The molecule has 0 atom stereocenters. The Morgan fingerprint density at radius 3 is 2.76 bits per heavy atom. The normalized spacial score (nSPS) is 22.2. The minimum Gasteiger partial charge on any atom is -0.330 e.